The summed E-state index contributed by atoms with van der Waals surface area (Å²) in [4.78, 5) is 17.4. The highest BCUT2D eigenvalue weighted by molar-refractivity contribution is 5.99. The standard InChI is InChI=1S/C22H33N3O/c1-3-4-5-7-12-20(19-13-10-11-18(2)23-19)24-25-21(26)14-17-22(25)15-8-6-9-16-22/h10-11,13H,3-9,12,14-17H2,1-2H3/b24-20-. The van der Waals surface area contributed by atoms with E-state index in [0.29, 0.717) is 6.42 Å². The van der Waals surface area contributed by atoms with Crippen LogP contribution in [0.15, 0.2) is 23.3 Å². The van der Waals surface area contributed by atoms with Crippen LogP contribution in [0.5, 0.6) is 0 Å². The minimum absolute atomic E-state index is 0.0200. The Bertz CT molecular complexity index is 647. The van der Waals surface area contributed by atoms with E-state index in [1.807, 2.05) is 30.1 Å². The monoisotopic (exact) mass is 355 g/mol. The summed E-state index contributed by atoms with van der Waals surface area (Å²) in [5, 5.41) is 6.86. The lowest BCUT2D eigenvalue weighted by atomic mass is 9.80. The zero-order valence-electron chi connectivity index (χ0n) is 16.5. The van der Waals surface area contributed by atoms with Gasteiger partial charge in [-0.05, 0) is 51.2 Å². The maximum absolute atomic E-state index is 12.7. The van der Waals surface area contributed by atoms with Crippen molar-refractivity contribution in [1.82, 2.24) is 9.99 Å². The molecule has 0 unspecified atom stereocenters. The lowest BCUT2D eigenvalue weighted by molar-refractivity contribution is -0.132. The van der Waals surface area contributed by atoms with E-state index in [-0.39, 0.29) is 11.4 Å². The number of rotatable bonds is 7. The van der Waals surface area contributed by atoms with Gasteiger partial charge in [0, 0.05) is 12.1 Å². The second kappa shape index (κ2) is 8.79. The fourth-order valence-corrected chi connectivity index (χ4v) is 4.42. The van der Waals surface area contributed by atoms with E-state index < -0.39 is 0 Å². The molecule has 0 bridgehead atoms. The van der Waals surface area contributed by atoms with Gasteiger partial charge in [-0.1, -0.05) is 51.5 Å². The second-order valence-electron chi connectivity index (χ2n) is 8.01. The van der Waals surface area contributed by atoms with E-state index in [2.05, 4.69) is 6.92 Å². The smallest absolute Gasteiger partial charge is 0.243 e. The molecule has 142 valence electrons. The average molecular weight is 356 g/mol. The maximum atomic E-state index is 12.7. The number of carbonyl (C=O) groups excluding carboxylic acids is 1. The van der Waals surface area contributed by atoms with Crippen LogP contribution >= 0.6 is 0 Å². The first-order chi connectivity index (χ1) is 12.6. The lowest BCUT2D eigenvalue weighted by Crippen LogP contribution is -2.44. The highest BCUT2D eigenvalue weighted by atomic mass is 16.2. The molecule has 1 amide bonds. The van der Waals surface area contributed by atoms with Crippen molar-refractivity contribution in [1.29, 1.82) is 0 Å². The van der Waals surface area contributed by atoms with Gasteiger partial charge in [0.2, 0.25) is 5.91 Å². The Kier molecular flexibility index (Phi) is 6.44. The predicted molar refractivity (Wildman–Crippen MR) is 106 cm³/mol. The van der Waals surface area contributed by atoms with Crippen molar-refractivity contribution in [3.05, 3.63) is 29.6 Å². The summed E-state index contributed by atoms with van der Waals surface area (Å²) in [6.07, 6.45) is 13.2. The van der Waals surface area contributed by atoms with Gasteiger partial charge >= 0.3 is 0 Å². The van der Waals surface area contributed by atoms with Gasteiger partial charge in [-0.15, -0.1) is 0 Å². The molecule has 3 rings (SSSR count). The molecule has 1 saturated carbocycles. The Hall–Kier alpha value is -1.71. The number of unbranched alkanes of at least 4 members (excludes halogenated alkanes) is 3. The molecule has 1 saturated heterocycles. The summed E-state index contributed by atoms with van der Waals surface area (Å²) < 4.78 is 0. The summed E-state index contributed by atoms with van der Waals surface area (Å²) in [6.45, 7) is 4.24. The number of nitrogens with zero attached hydrogens (tertiary/aromatic N) is 3. The van der Waals surface area contributed by atoms with Crippen LogP contribution in [-0.2, 0) is 4.79 Å². The fraction of sp³-hybridized carbons (Fsp3) is 0.682. The average Bonchev–Trinajstić information content (AvgIpc) is 2.94. The van der Waals surface area contributed by atoms with E-state index in [1.165, 1.54) is 38.5 Å². The largest absolute Gasteiger partial charge is 0.273 e. The molecule has 26 heavy (non-hydrogen) atoms. The molecule has 2 fully saturated rings. The first-order valence-corrected chi connectivity index (χ1v) is 10.5. The van der Waals surface area contributed by atoms with Crippen LogP contribution in [0.2, 0.25) is 0 Å². The molecule has 1 aromatic heterocycles. The van der Waals surface area contributed by atoms with E-state index in [9.17, 15) is 4.79 Å². The Balaban J connectivity index is 1.87. The SMILES string of the molecule is CCCCCC/C(=N/N1C(=O)CCC12CCCCC2)c1cccc(C)n1. The summed E-state index contributed by atoms with van der Waals surface area (Å²) in [7, 11) is 0. The Morgan fingerprint density at radius 3 is 2.69 bits per heavy atom. The molecule has 2 heterocycles. The van der Waals surface area contributed by atoms with Gasteiger partial charge in [-0.3, -0.25) is 9.78 Å². The van der Waals surface area contributed by atoms with Gasteiger partial charge < -0.3 is 0 Å². The van der Waals surface area contributed by atoms with Crippen LogP contribution in [-0.4, -0.2) is 27.2 Å². The highest BCUT2D eigenvalue weighted by Crippen LogP contribution is 2.42. The lowest BCUT2D eigenvalue weighted by Gasteiger charge is -2.38. The molecular weight excluding hydrogens is 322 g/mol. The van der Waals surface area contributed by atoms with E-state index in [4.69, 9.17) is 10.1 Å². The van der Waals surface area contributed by atoms with Crippen molar-refractivity contribution in [3.8, 4) is 0 Å². The van der Waals surface area contributed by atoms with E-state index >= 15 is 0 Å². The molecule has 4 nitrogen and oxygen atoms in total. The zero-order chi connectivity index (χ0) is 18.4. The second-order valence-corrected chi connectivity index (χ2v) is 8.01. The van der Waals surface area contributed by atoms with Crippen molar-refractivity contribution in [2.24, 2.45) is 5.10 Å². The maximum Gasteiger partial charge on any atom is 0.243 e. The number of carbonyl (C=O) groups is 1. The molecule has 0 N–H and O–H groups in total. The van der Waals surface area contributed by atoms with Crippen molar-refractivity contribution in [2.45, 2.75) is 96.4 Å². The first-order valence-electron chi connectivity index (χ1n) is 10.5. The summed E-state index contributed by atoms with van der Waals surface area (Å²) in [6, 6.07) is 6.10. The van der Waals surface area contributed by atoms with Crippen LogP contribution in [0.1, 0.15) is 95.4 Å². The topological polar surface area (TPSA) is 45.6 Å². The highest BCUT2D eigenvalue weighted by Gasteiger charge is 2.46. The third kappa shape index (κ3) is 4.33. The third-order valence-corrected chi connectivity index (χ3v) is 5.95. The summed E-state index contributed by atoms with van der Waals surface area (Å²) in [5.74, 6) is 0.200. The van der Waals surface area contributed by atoms with Gasteiger partial charge in [0.1, 0.15) is 0 Å². The van der Waals surface area contributed by atoms with Crippen LogP contribution < -0.4 is 0 Å². The number of aryl methyl sites for hydroxylation is 1. The predicted octanol–water partition coefficient (Wildman–Crippen LogP) is 5.39. The number of amides is 1. The van der Waals surface area contributed by atoms with Gasteiger partial charge in [0.05, 0.1) is 16.9 Å². The van der Waals surface area contributed by atoms with E-state index in [0.717, 1.165) is 49.2 Å². The fourth-order valence-electron chi connectivity index (χ4n) is 4.42. The van der Waals surface area contributed by atoms with Crippen molar-refractivity contribution >= 4 is 11.6 Å². The molecule has 0 atom stereocenters. The number of aromatic nitrogens is 1. The quantitative estimate of drug-likeness (QED) is 0.486. The molecule has 2 aliphatic rings. The van der Waals surface area contributed by atoms with Crippen LogP contribution in [0.3, 0.4) is 0 Å². The van der Waals surface area contributed by atoms with Crippen molar-refractivity contribution < 1.29 is 4.79 Å². The molecular formula is C22H33N3O. The Labute approximate surface area is 158 Å². The normalized spacial score (nSPS) is 20.2. The third-order valence-electron chi connectivity index (χ3n) is 5.95. The first kappa shape index (κ1) is 19.1. The zero-order valence-corrected chi connectivity index (χ0v) is 16.5. The Morgan fingerprint density at radius 2 is 1.96 bits per heavy atom. The van der Waals surface area contributed by atoms with Gasteiger partial charge in [0.15, 0.2) is 0 Å². The van der Waals surface area contributed by atoms with Gasteiger partial charge in [0.25, 0.3) is 0 Å². The molecule has 0 aromatic carbocycles. The van der Waals surface area contributed by atoms with Crippen LogP contribution in [0, 0.1) is 6.92 Å². The number of hydrazone groups is 1. The summed E-state index contributed by atoms with van der Waals surface area (Å²) in [5.41, 5.74) is 2.91. The van der Waals surface area contributed by atoms with E-state index in [1.54, 1.807) is 0 Å². The number of hydrogen-bond donors (Lipinski definition) is 0. The van der Waals surface area contributed by atoms with Crippen molar-refractivity contribution in [2.75, 3.05) is 0 Å². The molecule has 1 aromatic rings. The minimum atomic E-state index is -0.0200. The number of hydrogen-bond acceptors (Lipinski definition) is 3. The molecule has 1 aliphatic carbocycles. The van der Waals surface area contributed by atoms with Gasteiger partial charge in [-0.25, -0.2) is 5.01 Å². The molecule has 0 radical (unpaired) electrons. The molecule has 1 aliphatic heterocycles. The van der Waals surface area contributed by atoms with Crippen LogP contribution in [0.25, 0.3) is 0 Å². The minimum Gasteiger partial charge on any atom is -0.273 e. The number of pyridine rings is 1. The van der Waals surface area contributed by atoms with Crippen molar-refractivity contribution in [3.63, 3.8) is 0 Å². The molecule has 4 heteroatoms. The van der Waals surface area contributed by atoms with Crippen LogP contribution in [0.4, 0.5) is 0 Å². The summed E-state index contributed by atoms with van der Waals surface area (Å²) >= 11 is 0. The molecule has 1 spiro atoms. The Morgan fingerprint density at radius 1 is 1.15 bits per heavy atom. The van der Waals surface area contributed by atoms with Gasteiger partial charge in [-0.2, -0.15) is 5.10 Å².